The fourth-order valence-electron chi connectivity index (χ4n) is 2.86. The maximum Gasteiger partial charge on any atom is 0.225 e. The van der Waals surface area contributed by atoms with Crippen LogP contribution < -0.4 is 10.1 Å². The Kier molecular flexibility index (Phi) is 5.63. The van der Waals surface area contributed by atoms with Crippen LogP contribution >= 0.6 is 0 Å². The lowest BCUT2D eigenvalue weighted by Gasteiger charge is -2.15. The highest BCUT2D eigenvalue weighted by Gasteiger charge is 2.33. The molecule has 1 saturated heterocycles. The van der Waals surface area contributed by atoms with Gasteiger partial charge in [-0.25, -0.2) is 4.98 Å². The van der Waals surface area contributed by atoms with Crippen molar-refractivity contribution in [3.63, 3.8) is 0 Å². The molecule has 6 heteroatoms. The summed E-state index contributed by atoms with van der Waals surface area (Å²) >= 11 is 0. The number of nitrogens with one attached hydrogen (secondary N) is 1. The minimum Gasteiger partial charge on any atom is -0.439 e. The molecule has 1 aromatic heterocycles. The zero-order valence-corrected chi connectivity index (χ0v) is 14.4. The number of hydrogen-bond donors (Lipinski definition) is 1. The monoisotopic (exact) mass is 351 g/mol. The Morgan fingerprint density at radius 3 is 2.88 bits per heavy atom. The Hall–Kier alpha value is -3.15. The second kappa shape index (κ2) is 8.29. The summed E-state index contributed by atoms with van der Waals surface area (Å²) in [6, 6.07) is 13.0. The first-order valence-electron chi connectivity index (χ1n) is 8.50. The Morgan fingerprint density at radius 1 is 1.31 bits per heavy atom. The van der Waals surface area contributed by atoms with E-state index >= 15 is 0 Å². The van der Waals surface area contributed by atoms with Gasteiger partial charge in [-0.3, -0.25) is 9.59 Å². The quantitative estimate of drug-likeness (QED) is 0.778. The molecule has 0 bridgehead atoms. The third kappa shape index (κ3) is 4.27. The molecule has 1 aliphatic rings. The van der Waals surface area contributed by atoms with Gasteiger partial charge in [0.05, 0.1) is 5.92 Å². The van der Waals surface area contributed by atoms with Crippen molar-refractivity contribution >= 4 is 11.8 Å². The summed E-state index contributed by atoms with van der Waals surface area (Å²) in [5.41, 5.74) is 0.775. The van der Waals surface area contributed by atoms with E-state index in [1.54, 1.807) is 23.2 Å². The number of carbonyl (C=O) groups excluding carboxylic acids is 2. The first-order chi connectivity index (χ1) is 12.7. The number of ether oxygens (including phenoxy) is 1. The molecule has 1 aliphatic heterocycles. The van der Waals surface area contributed by atoms with Crippen molar-refractivity contribution in [1.29, 1.82) is 0 Å². The van der Waals surface area contributed by atoms with Gasteiger partial charge in [0.2, 0.25) is 17.7 Å². The van der Waals surface area contributed by atoms with Crippen LogP contribution in [0.4, 0.5) is 0 Å². The molecule has 1 aromatic carbocycles. The van der Waals surface area contributed by atoms with E-state index in [4.69, 9.17) is 4.74 Å². The number of carbonyl (C=O) groups is 2. The van der Waals surface area contributed by atoms with E-state index in [2.05, 4.69) is 16.9 Å². The van der Waals surface area contributed by atoms with Crippen LogP contribution in [0.2, 0.25) is 0 Å². The fraction of sp³-hybridized carbons (Fsp3) is 0.250. The lowest BCUT2D eigenvalue weighted by molar-refractivity contribution is -0.128. The van der Waals surface area contributed by atoms with E-state index in [1.165, 1.54) is 0 Å². The number of para-hydroxylation sites is 1. The first kappa shape index (κ1) is 17.7. The molecule has 0 saturated carbocycles. The summed E-state index contributed by atoms with van der Waals surface area (Å²) in [6.45, 7) is 4.83. The highest BCUT2D eigenvalue weighted by atomic mass is 16.5. The minimum absolute atomic E-state index is 0.0143. The molecule has 6 nitrogen and oxygen atoms in total. The SMILES string of the molecule is C=CCN1CC(C(=O)NCc2cccnc2Oc2ccccc2)CC1=O. The molecule has 26 heavy (non-hydrogen) atoms. The largest absolute Gasteiger partial charge is 0.439 e. The summed E-state index contributed by atoms with van der Waals surface area (Å²) in [5.74, 6) is 0.645. The van der Waals surface area contributed by atoms with E-state index < -0.39 is 0 Å². The lowest BCUT2D eigenvalue weighted by Crippen LogP contribution is -2.32. The van der Waals surface area contributed by atoms with Gasteiger partial charge in [0.1, 0.15) is 5.75 Å². The predicted octanol–water partition coefficient (Wildman–Crippen LogP) is 2.52. The summed E-state index contributed by atoms with van der Waals surface area (Å²) in [7, 11) is 0. The molecule has 0 spiro atoms. The molecule has 134 valence electrons. The van der Waals surface area contributed by atoms with E-state index in [-0.39, 0.29) is 24.2 Å². The number of nitrogens with zero attached hydrogens (tertiary/aromatic N) is 2. The number of likely N-dealkylation sites (tertiary alicyclic amines) is 1. The van der Waals surface area contributed by atoms with E-state index in [9.17, 15) is 9.59 Å². The smallest absolute Gasteiger partial charge is 0.225 e. The highest BCUT2D eigenvalue weighted by molar-refractivity contribution is 5.89. The molecule has 1 atom stereocenters. The molecule has 1 unspecified atom stereocenters. The molecule has 2 heterocycles. The molecular formula is C20H21N3O3. The van der Waals surface area contributed by atoms with Crippen molar-refractivity contribution in [2.45, 2.75) is 13.0 Å². The maximum absolute atomic E-state index is 12.4. The number of aromatic nitrogens is 1. The normalized spacial score (nSPS) is 16.4. The average molecular weight is 351 g/mol. The zero-order chi connectivity index (χ0) is 18.4. The number of hydrogen-bond acceptors (Lipinski definition) is 4. The third-order valence-electron chi connectivity index (χ3n) is 4.20. The van der Waals surface area contributed by atoms with Crippen molar-refractivity contribution in [3.05, 3.63) is 66.9 Å². The standard InChI is InChI=1S/C20H21N3O3/c1-2-11-23-14-16(12-18(23)24)19(25)22-13-15-7-6-10-21-20(15)26-17-8-4-3-5-9-17/h2-10,16H,1,11-14H2,(H,22,25). The maximum atomic E-state index is 12.4. The van der Waals surface area contributed by atoms with Gasteiger partial charge in [-0.2, -0.15) is 0 Å². The van der Waals surface area contributed by atoms with Crippen LogP contribution in [0.25, 0.3) is 0 Å². The van der Waals surface area contributed by atoms with Gasteiger partial charge in [0.15, 0.2) is 0 Å². The number of benzene rings is 1. The van der Waals surface area contributed by atoms with E-state index in [0.717, 1.165) is 5.56 Å². The van der Waals surface area contributed by atoms with Crippen LogP contribution in [-0.2, 0) is 16.1 Å². The summed E-state index contributed by atoms with van der Waals surface area (Å²) in [6.07, 6.45) is 3.55. The van der Waals surface area contributed by atoms with Gasteiger partial charge in [0, 0.05) is 37.8 Å². The predicted molar refractivity (Wildman–Crippen MR) is 97.5 cm³/mol. The van der Waals surface area contributed by atoms with Gasteiger partial charge in [-0.15, -0.1) is 6.58 Å². The van der Waals surface area contributed by atoms with Crippen molar-refractivity contribution in [1.82, 2.24) is 15.2 Å². The van der Waals surface area contributed by atoms with Crippen LogP contribution in [0, 0.1) is 5.92 Å². The molecule has 2 aromatic rings. The summed E-state index contributed by atoms with van der Waals surface area (Å²) in [4.78, 5) is 30.2. The van der Waals surface area contributed by atoms with Crippen molar-refractivity contribution in [2.75, 3.05) is 13.1 Å². The second-order valence-electron chi connectivity index (χ2n) is 6.09. The van der Waals surface area contributed by atoms with E-state index in [0.29, 0.717) is 31.3 Å². The van der Waals surface area contributed by atoms with Crippen LogP contribution in [-0.4, -0.2) is 34.8 Å². The number of amides is 2. The van der Waals surface area contributed by atoms with Crippen LogP contribution in [0.1, 0.15) is 12.0 Å². The van der Waals surface area contributed by atoms with Gasteiger partial charge in [-0.05, 0) is 18.2 Å². The first-order valence-corrected chi connectivity index (χ1v) is 8.50. The summed E-state index contributed by atoms with van der Waals surface area (Å²) < 4.78 is 5.80. The van der Waals surface area contributed by atoms with Crippen LogP contribution in [0.15, 0.2) is 61.3 Å². The van der Waals surface area contributed by atoms with Gasteiger partial charge < -0.3 is 15.0 Å². The zero-order valence-electron chi connectivity index (χ0n) is 14.4. The number of pyridine rings is 1. The molecule has 2 amide bonds. The molecule has 3 rings (SSSR count). The third-order valence-corrected chi connectivity index (χ3v) is 4.20. The van der Waals surface area contributed by atoms with Crippen molar-refractivity contribution in [3.8, 4) is 11.6 Å². The minimum atomic E-state index is -0.336. The number of rotatable bonds is 7. The van der Waals surface area contributed by atoms with Crippen LogP contribution in [0.5, 0.6) is 11.6 Å². The topological polar surface area (TPSA) is 71.5 Å². The Bertz CT molecular complexity index is 792. The Morgan fingerprint density at radius 2 is 2.12 bits per heavy atom. The lowest BCUT2D eigenvalue weighted by atomic mass is 10.1. The Balaban J connectivity index is 1.60. The molecule has 1 N–H and O–H groups in total. The van der Waals surface area contributed by atoms with Crippen molar-refractivity contribution < 1.29 is 14.3 Å². The second-order valence-corrected chi connectivity index (χ2v) is 6.09. The average Bonchev–Trinajstić information content (AvgIpc) is 3.03. The highest BCUT2D eigenvalue weighted by Crippen LogP contribution is 2.23. The summed E-state index contributed by atoms with van der Waals surface area (Å²) in [5, 5.41) is 2.89. The molecule has 0 radical (unpaired) electrons. The molecule has 0 aliphatic carbocycles. The molecule has 1 fully saturated rings. The fourth-order valence-corrected chi connectivity index (χ4v) is 2.86. The van der Waals surface area contributed by atoms with Gasteiger partial charge >= 0.3 is 0 Å². The van der Waals surface area contributed by atoms with Crippen molar-refractivity contribution in [2.24, 2.45) is 5.92 Å². The van der Waals surface area contributed by atoms with Crippen LogP contribution in [0.3, 0.4) is 0 Å². The molecular weight excluding hydrogens is 330 g/mol. The van der Waals surface area contributed by atoms with Gasteiger partial charge in [0.25, 0.3) is 0 Å². The Labute approximate surface area is 152 Å². The van der Waals surface area contributed by atoms with Gasteiger partial charge in [-0.1, -0.05) is 30.3 Å². The van der Waals surface area contributed by atoms with E-state index in [1.807, 2.05) is 36.4 Å².